The lowest BCUT2D eigenvalue weighted by atomic mass is 9.89. The number of ether oxygens (including phenoxy) is 1. The highest BCUT2D eigenvalue weighted by Gasteiger charge is 2.48. The molecule has 2 aliphatic heterocycles. The summed E-state index contributed by atoms with van der Waals surface area (Å²) in [5, 5.41) is 18.0. The molecule has 0 spiro atoms. The van der Waals surface area contributed by atoms with Crippen molar-refractivity contribution in [1.29, 1.82) is 5.26 Å². The molecule has 1 aromatic rings. The summed E-state index contributed by atoms with van der Waals surface area (Å²) >= 11 is 0. The Morgan fingerprint density at radius 2 is 2.14 bits per heavy atom. The second-order valence-corrected chi connectivity index (χ2v) is 5.70. The standard InChI is InChI=1S/C16H18N2O3/c17-10-11-1-4-13(5-2-11)21-8-7-18-12-3-6-15(18)14(9-12)16(19)20/h1-2,4-5,12,14-15H,3,6-9H2,(H,19,20). The average Bonchev–Trinajstić information content (AvgIpc) is 3.05. The maximum atomic E-state index is 11.2. The number of benzene rings is 1. The summed E-state index contributed by atoms with van der Waals surface area (Å²) in [7, 11) is 0. The molecule has 0 amide bonds. The minimum Gasteiger partial charge on any atom is -0.492 e. The smallest absolute Gasteiger partial charge is 0.308 e. The van der Waals surface area contributed by atoms with Crippen LogP contribution in [-0.4, -0.2) is 41.2 Å². The maximum Gasteiger partial charge on any atom is 0.308 e. The Morgan fingerprint density at radius 1 is 1.38 bits per heavy atom. The van der Waals surface area contributed by atoms with Crippen LogP contribution in [0.15, 0.2) is 24.3 Å². The van der Waals surface area contributed by atoms with E-state index in [1.807, 2.05) is 0 Å². The van der Waals surface area contributed by atoms with Gasteiger partial charge in [0.25, 0.3) is 0 Å². The first-order valence-corrected chi connectivity index (χ1v) is 7.30. The van der Waals surface area contributed by atoms with E-state index in [0.717, 1.165) is 31.6 Å². The van der Waals surface area contributed by atoms with Crippen LogP contribution in [0, 0.1) is 17.2 Å². The minimum absolute atomic E-state index is 0.178. The van der Waals surface area contributed by atoms with Gasteiger partial charge in [-0.2, -0.15) is 5.26 Å². The van der Waals surface area contributed by atoms with Gasteiger partial charge in [-0.3, -0.25) is 9.69 Å². The SMILES string of the molecule is N#Cc1ccc(OCCN2C3CCC2C(C(=O)O)C3)cc1. The lowest BCUT2D eigenvalue weighted by molar-refractivity contribution is -0.142. The number of aliphatic carboxylic acids is 1. The van der Waals surface area contributed by atoms with Gasteiger partial charge in [0, 0.05) is 18.6 Å². The first-order chi connectivity index (χ1) is 10.2. The molecule has 110 valence electrons. The topological polar surface area (TPSA) is 73.6 Å². The molecule has 3 unspecified atom stereocenters. The van der Waals surface area contributed by atoms with Gasteiger partial charge in [0.1, 0.15) is 12.4 Å². The molecule has 0 saturated carbocycles. The van der Waals surface area contributed by atoms with E-state index in [4.69, 9.17) is 10.00 Å². The summed E-state index contributed by atoms with van der Waals surface area (Å²) in [6, 6.07) is 9.69. The van der Waals surface area contributed by atoms with Crippen LogP contribution in [0.1, 0.15) is 24.8 Å². The molecule has 2 saturated heterocycles. The molecule has 1 N–H and O–H groups in total. The molecule has 3 atom stereocenters. The molecule has 0 radical (unpaired) electrons. The lowest BCUT2D eigenvalue weighted by Gasteiger charge is -2.22. The predicted octanol–water partition coefficient (Wildman–Crippen LogP) is 1.87. The Morgan fingerprint density at radius 3 is 2.76 bits per heavy atom. The number of nitrogens with zero attached hydrogens (tertiary/aromatic N) is 2. The van der Waals surface area contributed by atoms with Crippen molar-refractivity contribution in [3.8, 4) is 11.8 Å². The molecule has 0 aromatic heterocycles. The number of carbonyl (C=O) groups is 1. The Bertz CT molecular complexity index is 564. The average molecular weight is 286 g/mol. The number of hydrogen-bond donors (Lipinski definition) is 1. The summed E-state index contributed by atoms with van der Waals surface area (Å²) in [6.45, 7) is 1.31. The lowest BCUT2D eigenvalue weighted by Crippen LogP contribution is -2.35. The van der Waals surface area contributed by atoms with E-state index >= 15 is 0 Å². The van der Waals surface area contributed by atoms with E-state index in [0.29, 0.717) is 18.2 Å². The van der Waals surface area contributed by atoms with Crippen LogP contribution in [0.3, 0.4) is 0 Å². The van der Waals surface area contributed by atoms with E-state index in [1.165, 1.54) is 0 Å². The summed E-state index contributed by atoms with van der Waals surface area (Å²) in [6.07, 6.45) is 2.86. The Labute approximate surface area is 123 Å². The fraction of sp³-hybridized carbons (Fsp3) is 0.500. The first-order valence-electron chi connectivity index (χ1n) is 7.30. The van der Waals surface area contributed by atoms with Crippen LogP contribution < -0.4 is 4.74 Å². The molecule has 5 heteroatoms. The van der Waals surface area contributed by atoms with E-state index in [-0.39, 0.29) is 12.0 Å². The summed E-state index contributed by atoms with van der Waals surface area (Å²) < 4.78 is 5.69. The van der Waals surface area contributed by atoms with Crippen LogP contribution in [0.25, 0.3) is 0 Å². The normalized spacial score (nSPS) is 27.5. The van der Waals surface area contributed by atoms with Crippen molar-refractivity contribution in [2.45, 2.75) is 31.3 Å². The predicted molar refractivity (Wildman–Crippen MR) is 75.9 cm³/mol. The van der Waals surface area contributed by atoms with Crippen LogP contribution in [0.5, 0.6) is 5.75 Å². The fourth-order valence-electron chi connectivity index (χ4n) is 3.61. The second kappa shape index (κ2) is 5.74. The second-order valence-electron chi connectivity index (χ2n) is 5.70. The molecule has 5 nitrogen and oxygen atoms in total. The van der Waals surface area contributed by atoms with Crippen molar-refractivity contribution in [2.75, 3.05) is 13.2 Å². The Hall–Kier alpha value is -2.06. The van der Waals surface area contributed by atoms with Crippen molar-refractivity contribution in [3.05, 3.63) is 29.8 Å². The summed E-state index contributed by atoms with van der Waals surface area (Å²) in [5.41, 5.74) is 0.615. The van der Waals surface area contributed by atoms with Crippen molar-refractivity contribution in [2.24, 2.45) is 5.92 Å². The van der Waals surface area contributed by atoms with E-state index in [1.54, 1.807) is 24.3 Å². The number of nitriles is 1. The fourth-order valence-corrected chi connectivity index (χ4v) is 3.61. The van der Waals surface area contributed by atoms with Gasteiger partial charge in [0.05, 0.1) is 17.6 Å². The zero-order valence-corrected chi connectivity index (χ0v) is 11.7. The number of carboxylic acids is 1. The molecule has 2 aliphatic rings. The molecule has 2 bridgehead atoms. The molecular formula is C16H18N2O3. The number of fused-ring (bicyclic) bond motifs is 2. The van der Waals surface area contributed by atoms with Gasteiger partial charge in [-0.05, 0) is 43.5 Å². The van der Waals surface area contributed by atoms with Crippen LogP contribution in [0.4, 0.5) is 0 Å². The van der Waals surface area contributed by atoms with Gasteiger partial charge in [0.15, 0.2) is 0 Å². The Balaban J connectivity index is 1.52. The molecule has 2 heterocycles. The summed E-state index contributed by atoms with van der Waals surface area (Å²) in [4.78, 5) is 13.5. The number of rotatable bonds is 5. The minimum atomic E-state index is -0.666. The highest BCUT2D eigenvalue weighted by atomic mass is 16.5. The quantitative estimate of drug-likeness (QED) is 0.894. The number of carboxylic acid groups (broad SMARTS) is 1. The molecule has 21 heavy (non-hydrogen) atoms. The van der Waals surface area contributed by atoms with E-state index in [9.17, 15) is 9.90 Å². The Kier molecular flexibility index (Phi) is 3.80. The van der Waals surface area contributed by atoms with Crippen molar-refractivity contribution >= 4 is 5.97 Å². The third kappa shape index (κ3) is 2.72. The third-order valence-electron chi connectivity index (χ3n) is 4.60. The molecule has 2 fully saturated rings. The molecule has 3 rings (SSSR count). The van der Waals surface area contributed by atoms with Gasteiger partial charge >= 0.3 is 5.97 Å². The van der Waals surface area contributed by atoms with Gasteiger partial charge in [-0.1, -0.05) is 0 Å². The first kappa shape index (κ1) is 13.9. The molecule has 1 aromatic carbocycles. The van der Waals surface area contributed by atoms with Crippen LogP contribution in [-0.2, 0) is 4.79 Å². The van der Waals surface area contributed by atoms with Crippen LogP contribution in [0.2, 0.25) is 0 Å². The maximum absolute atomic E-state index is 11.2. The van der Waals surface area contributed by atoms with Gasteiger partial charge < -0.3 is 9.84 Å². The molecular weight excluding hydrogens is 268 g/mol. The highest BCUT2D eigenvalue weighted by molar-refractivity contribution is 5.71. The van der Waals surface area contributed by atoms with Gasteiger partial charge in [-0.15, -0.1) is 0 Å². The van der Waals surface area contributed by atoms with Gasteiger partial charge in [0.2, 0.25) is 0 Å². The highest BCUT2D eigenvalue weighted by Crippen LogP contribution is 2.41. The zero-order chi connectivity index (χ0) is 14.8. The molecule has 0 aliphatic carbocycles. The van der Waals surface area contributed by atoms with Crippen molar-refractivity contribution in [3.63, 3.8) is 0 Å². The third-order valence-corrected chi connectivity index (χ3v) is 4.60. The summed E-state index contributed by atoms with van der Waals surface area (Å²) in [5.74, 6) is -0.130. The van der Waals surface area contributed by atoms with E-state index < -0.39 is 5.97 Å². The van der Waals surface area contributed by atoms with Crippen molar-refractivity contribution < 1.29 is 14.6 Å². The largest absolute Gasteiger partial charge is 0.492 e. The van der Waals surface area contributed by atoms with Crippen molar-refractivity contribution in [1.82, 2.24) is 4.90 Å². The van der Waals surface area contributed by atoms with Gasteiger partial charge in [-0.25, -0.2) is 0 Å². The number of hydrogen-bond acceptors (Lipinski definition) is 4. The van der Waals surface area contributed by atoms with E-state index in [2.05, 4.69) is 11.0 Å². The van der Waals surface area contributed by atoms with Crippen LogP contribution >= 0.6 is 0 Å². The monoisotopic (exact) mass is 286 g/mol. The zero-order valence-electron chi connectivity index (χ0n) is 11.7.